The van der Waals surface area contributed by atoms with E-state index in [-0.39, 0.29) is 23.2 Å². The quantitative estimate of drug-likeness (QED) is 0.623. The zero-order valence-corrected chi connectivity index (χ0v) is 16.8. The molecular formula is C17H20F3N3O3S2. The number of benzene rings is 1. The molecule has 1 aliphatic heterocycles. The van der Waals surface area contributed by atoms with Crippen molar-refractivity contribution in [2.75, 3.05) is 18.1 Å². The summed E-state index contributed by atoms with van der Waals surface area (Å²) in [5.41, 5.74) is 0.802. The molecule has 0 bridgehead atoms. The molecule has 1 aromatic carbocycles. The molecule has 1 fully saturated rings. The van der Waals surface area contributed by atoms with E-state index in [2.05, 4.69) is 10.2 Å². The smallest absolute Gasteiger partial charge is 0.422 e. The van der Waals surface area contributed by atoms with Crippen molar-refractivity contribution in [1.82, 2.24) is 14.8 Å². The van der Waals surface area contributed by atoms with Crippen LogP contribution in [0.3, 0.4) is 0 Å². The fraction of sp³-hybridized carbons (Fsp3) is 0.529. The normalized spacial score (nSPS) is 19.1. The van der Waals surface area contributed by atoms with Crippen molar-refractivity contribution in [1.29, 1.82) is 0 Å². The van der Waals surface area contributed by atoms with Crippen LogP contribution in [0.25, 0.3) is 0 Å². The Morgan fingerprint density at radius 1 is 1.32 bits per heavy atom. The topological polar surface area (TPSA) is 74.1 Å². The summed E-state index contributed by atoms with van der Waals surface area (Å²) >= 11 is 1.40. The van der Waals surface area contributed by atoms with E-state index < -0.39 is 22.6 Å². The average molecular weight is 435 g/mol. The fourth-order valence-electron chi connectivity index (χ4n) is 2.98. The third kappa shape index (κ3) is 5.87. The summed E-state index contributed by atoms with van der Waals surface area (Å²) in [5, 5.41) is 8.97. The summed E-state index contributed by atoms with van der Waals surface area (Å²) in [7, 11) is -1.11. The number of hydrogen-bond donors (Lipinski definition) is 0. The maximum atomic E-state index is 12.3. The number of ether oxygens (including phenoxy) is 1. The number of rotatable bonds is 7. The van der Waals surface area contributed by atoms with Crippen molar-refractivity contribution in [3.05, 3.63) is 35.7 Å². The van der Waals surface area contributed by atoms with Crippen LogP contribution in [0.1, 0.15) is 17.8 Å². The van der Waals surface area contributed by atoms with Crippen LogP contribution in [-0.4, -0.2) is 47.5 Å². The second kappa shape index (κ2) is 8.32. The van der Waals surface area contributed by atoms with Crippen LogP contribution >= 0.6 is 11.8 Å². The van der Waals surface area contributed by atoms with Crippen molar-refractivity contribution in [3.8, 4) is 5.75 Å². The highest BCUT2D eigenvalue weighted by Crippen LogP contribution is 2.26. The Bertz CT molecular complexity index is 929. The number of thioether (sulfide) groups is 1. The third-order valence-electron chi connectivity index (χ3n) is 4.39. The Hall–Kier alpha value is -1.75. The Kier molecular flexibility index (Phi) is 6.23. The molecule has 1 saturated heterocycles. The molecule has 28 heavy (non-hydrogen) atoms. The standard InChI is InChI=1S/C17H20F3N3O3S2/c1-23-15(8-13-5-6-28(24,25)10-13)21-22-16(23)27-9-12-3-2-4-14(7-12)26-11-17(18,19)20/h2-4,7,13H,5-6,8-11H2,1H3. The van der Waals surface area contributed by atoms with E-state index in [1.54, 1.807) is 18.2 Å². The predicted molar refractivity (Wildman–Crippen MR) is 99.0 cm³/mol. The van der Waals surface area contributed by atoms with E-state index in [0.717, 1.165) is 11.4 Å². The number of halogens is 3. The molecule has 1 atom stereocenters. The van der Waals surface area contributed by atoms with Crippen molar-refractivity contribution >= 4 is 21.6 Å². The second-order valence-corrected chi connectivity index (χ2v) is 9.94. The maximum absolute atomic E-state index is 12.3. The summed E-state index contributed by atoms with van der Waals surface area (Å²) in [6.45, 7) is -1.33. The molecule has 154 valence electrons. The minimum absolute atomic E-state index is 0.0632. The highest BCUT2D eigenvalue weighted by molar-refractivity contribution is 7.98. The van der Waals surface area contributed by atoms with Gasteiger partial charge in [-0.25, -0.2) is 8.42 Å². The first-order chi connectivity index (χ1) is 13.1. The third-order valence-corrected chi connectivity index (χ3v) is 7.32. The van der Waals surface area contributed by atoms with Gasteiger partial charge in [0.25, 0.3) is 0 Å². The molecule has 3 rings (SSSR count). The van der Waals surface area contributed by atoms with Crippen LogP contribution in [0.2, 0.25) is 0 Å². The molecule has 0 saturated carbocycles. The number of hydrogen-bond acceptors (Lipinski definition) is 6. The van der Waals surface area contributed by atoms with Crippen LogP contribution in [0.15, 0.2) is 29.4 Å². The Morgan fingerprint density at radius 2 is 2.11 bits per heavy atom. The highest BCUT2D eigenvalue weighted by atomic mass is 32.2. The minimum atomic E-state index is -4.38. The van der Waals surface area contributed by atoms with E-state index in [0.29, 0.717) is 23.8 Å². The average Bonchev–Trinajstić information content (AvgIpc) is 3.13. The largest absolute Gasteiger partial charge is 0.484 e. The monoisotopic (exact) mass is 435 g/mol. The Balaban J connectivity index is 1.57. The lowest BCUT2D eigenvalue weighted by Crippen LogP contribution is -2.19. The van der Waals surface area contributed by atoms with Gasteiger partial charge in [0.05, 0.1) is 11.5 Å². The molecule has 2 heterocycles. The maximum Gasteiger partial charge on any atom is 0.422 e. The molecule has 1 unspecified atom stereocenters. The second-order valence-electron chi connectivity index (χ2n) is 6.77. The van der Waals surface area contributed by atoms with Gasteiger partial charge in [-0.1, -0.05) is 23.9 Å². The summed E-state index contributed by atoms with van der Waals surface area (Å²) in [6, 6.07) is 6.49. The van der Waals surface area contributed by atoms with E-state index in [9.17, 15) is 21.6 Å². The Morgan fingerprint density at radius 3 is 2.79 bits per heavy atom. The van der Waals surface area contributed by atoms with Gasteiger partial charge in [0.15, 0.2) is 21.6 Å². The zero-order chi connectivity index (χ0) is 20.4. The van der Waals surface area contributed by atoms with Gasteiger partial charge in [0.2, 0.25) is 0 Å². The predicted octanol–water partition coefficient (Wildman–Crippen LogP) is 3.03. The lowest BCUT2D eigenvalue weighted by molar-refractivity contribution is -0.153. The molecule has 0 spiro atoms. The molecule has 1 aliphatic rings. The van der Waals surface area contributed by atoms with Crippen LogP contribution in [0.5, 0.6) is 5.75 Å². The first kappa shape index (κ1) is 21.0. The summed E-state index contributed by atoms with van der Waals surface area (Å²) in [6.07, 6.45) is -3.18. The van der Waals surface area contributed by atoms with Crippen molar-refractivity contribution in [2.24, 2.45) is 13.0 Å². The fourth-order valence-corrected chi connectivity index (χ4v) is 5.71. The molecule has 1 aromatic heterocycles. The molecule has 6 nitrogen and oxygen atoms in total. The molecule has 11 heteroatoms. The lowest BCUT2D eigenvalue weighted by atomic mass is 10.1. The minimum Gasteiger partial charge on any atom is -0.484 e. The van der Waals surface area contributed by atoms with Gasteiger partial charge < -0.3 is 9.30 Å². The van der Waals surface area contributed by atoms with Crippen LogP contribution < -0.4 is 4.74 Å². The van der Waals surface area contributed by atoms with Crippen molar-refractivity contribution < 1.29 is 26.3 Å². The number of sulfone groups is 1. The number of alkyl halides is 3. The van der Waals surface area contributed by atoms with E-state index >= 15 is 0 Å². The molecule has 0 radical (unpaired) electrons. The molecule has 0 N–H and O–H groups in total. The molecular weight excluding hydrogens is 415 g/mol. The van der Waals surface area contributed by atoms with Gasteiger partial charge in [-0.2, -0.15) is 13.2 Å². The van der Waals surface area contributed by atoms with Gasteiger partial charge in [-0.3, -0.25) is 0 Å². The number of nitrogens with zero attached hydrogens (tertiary/aromatic N) is 3. The van der Waals surface area contributed by atoms with E-state index in [1.165, 1.54) is 17.8 Å². The SMILES string of the molecule is Cn1c(CC2CCS(=O)(=O)C2)nnc1SCc1cccc(OCC(F)(F)F)c1. The zero-order valence-electron chi connectivity index (χ0n) is 15.1. The summed E-state index contributed by atoms with van der Waals surface area (Å²) < 4.78 is 66.6. The summed E-state index contributed by atoms with van der Waals surface area (Å²) in [5.74, 6) is 1.86. The molecule has 0 aliphatic carbocycles. The van der Waals surface area contributed by atoms with Crippen LogP contribution in [-0.2, 0) is 29.1 Å². The van der Waals surface area contributed by atoms with E-state index in [4.69, 9.17) is 4.74 Å². The first-order valence-electron chi connectivity index (χ1n) is 8.61. The number of aromatic nitrogens is 3. The molecule has 2 aromatic rings. The van der Waals surface area contributed by atoms with E-state index in [1.807, 2.05) is 11.6 Å². The van der Waals surface area contributed by atoms with Crippen molar-refractivity contribution in [3.63, 3.8) is 0 Å². The molecule has 0 amide bonds. The van der Waals surface area contributed by atoms with Gasteiger partial charge >= 0.3 is 6.18 Å². The first-order valence-corrected chi connectivity index (χ1v) is 11.4. The Labute approximate surface area is 165 Å². The van der Waals surface area contributed by atoms with Gasteiger partial charge in [0.1, 0.15) is 11.6 Å². The lowest BCUT2D eigenvalue weighted by Gasteiger charge is -2.10. The van der Waals surface area contributed by atoms with Gasteiger partial charge in [-0.15, -0.1) is 10.2 Å². The van der Waals surface area contributed by atoms with Gasteiger partial charge in [-0.05, 0) is 30.0 Å². The summed E-state index contributed by atoms with van der Waals surface area (Å²) in [4.78, 5) is 0. The van der Waals surface area contributed by atoms with Crippen LogP contribution in [0, 0.1) is 5.92 Å². The van der Waals surface area contributed by atoms with Crippen LogP contribution in [0.4, 0.5) is 13.2 Å². The van der Waals surface area contributed by atoms with Crippen molar-refractivity contribution in [2.45, 2.75) is 29.9 Å². The highest BCUT2D eigenvalue weighted by Gasteiger charge is 2.29. The van der Waals surface area contributed by atoms with Gasteiger partial charge in [0, 0.05) is 19.2 Å².